The Balaban J connectivity index is 1.48. The summed E-state index contributed by atoms with van der Waals surface area (Å²) in [5.74, 6) is 0.146. The molecule has 142 valence electrons. The molecule has 0 spiro atoms. The maximum atomic E-state index is 13.7. The first-order chi connectivity index (χ1) is 13.6. The van der Waals surface area contributed by atoms with Crippen LogP contribution in [-0.4, -0.2) is 27.0 Å². The Morgan fingerprint density at radius 3 is 2.64 bits per heavy atom. The number of carbonyl (C=O) groups is 1. The molecule has 3 aromatic rings. The van der Waals surface area contributed by atoms with Crippen molar-refractivity contribution in [2.75, 3.05) is 0 Å². The van der Waals surface area contributed by atoms with Crippen LogP contribution in [-0.2, 0) is 11.3 Å². The molecule has 0 aliphatic heterocycles. The van der Waals surface area contributed by atoms with Crippen molar-refractivity contribution in [2.24, 2.45) is 0 Å². The van der Waals surface area contributed by atoms with Gasteiger partial charge in [-0.1, -0.05) is 29.8 Å². The Morgan fingerprint density at radius 2 is 1.93 bits per heavy atom. The average Bonchev–Trinajstić information content (AvgIpc) is 3.44. The lowest BCUT2D eigenvalue weighted by atomic mass is 10.2. The van der Waals surface area contributed by atoms with E-state index in [0.717, 1.165) is 18.4 Å². The maximum Gasteiger partial charge on any atom is 0.247 e. The number of nitrogens with zero attached hydrogens (tertiary/aromatic N) is 3. The SMILES string of the molecule is O=C(/C=C/c1ccccc1F)N(Cc1nnc(-c2ccc(Cl)cc2)o1)C1CC1. The van der Waals surface area contributed by atoms with Crippen molar-refractivity contribution in [3.8, 4) is 11.5 Å². The number of halogens is 2. The minimum absolute atomic E-state index is 0.142. The van der Waals surface area contributed by atoms with Gasteiger partial charge in [0.25, 0.3) is 0 Å². The van der Waals surface area contributed by atoms with Gasteiger partial charge in [0.1, 0.15) is 5.82 Å². The summed E-state index contributed by atoms with van der Waals surface area (Å²) in [7, 11) is 0. The Morgan fingerprint density at radius 1 is 1.18 bits per heavy atom. The summed E-state index contributed by atoms with van der Waals surface area (Å²) in [5.41, 5.74) is 1.13. The molecule has 1 aliphatic carbocycles. The van der Waals surface area contributed by atoms with E-state index in [1.165, 1.54) is 18.2 Å². The highest BCUT2D eigenvalue weighted by Gasteiger charge is 2.32. The van der Waals surface area contributed by atoms with Gasteiger partial charge >= 0.3 is 0 Å². The highest BCUT2D eigenvalue weighted by molar-refractivity contribution is 6.30. The Hall–Kier alpha value is -2.99. The van der Waals surface area contributed by atoms with Crippen molar-refractivity contribution >= 4 is 23.6 Å². The van der Waals surface area contributed by atoms with Gasteiger partial charge in [0.2, 0.25) is 17.7 Å². The van der Waals surface area contributed by atoms with Crippen LogP contribution < -0.4 is 0 Å². The van der Waals surface area contributed by atoms with Crippen LogP contribution in [0.2, 0.25) is 5.02 Å². The molecule has 1 amide bonds. The number of amides is 1. The van der Waals surface area contributed by atoms with Crippen molar-refractivity contribution < 1.29 is 13.6 Å². The van der Waals surface area contributed by atoms with E-state index in [0.29, 0.717) is 22.4 Å². The third-order valence-corrected chi connectivity index (χ3v) is 4.70. The molecule has 2 aromatic carbocycles. The fraction of sp³-hybridized carbons (Fsp3) is 0.190. The second-order valence-electron chi connectivity index (χ2n) is 6.56. The summed E-state index contributed by atoms with van der Waals surface area (Å²) in [4.78, 5) is 14.3. The number of hydrogen-bond donors (Lipinski definition) is 0. The summed E-state index contributed by atoms with van der Waals surface area (Å²) in [6.45, 7) is 0.214. The minimum Gasteiger partial charge on any atom is -0.419 e. The van der Waals surface area contributed by atoms with Gasteiger partial charge in [0.05, 0.1) is 6.54 Å². The van der Waals surface area contributed by atoms with Gasteiger partial charge in [0, 0.05) is 28.3 Å². The predicted octanol–water partition coefficient (Wildman–Crippen LogP) is 4.73. The zero-order valence-electron chi connectivity index (χ0n) is 14.9. The van der Waals surface area contributed by atoms with Crippen LogP contribution in [0.15, 0.2) is 59.0 Å². The molecule has 0 saturated heterocycles. The molecule has 0 N–H and O–H groups in total. The summed E-state index contributed by atoms with van der Waals surface area (Å²) in [6, 6.07) is 13.5. The van der Waals surface area contributed by atoms with Gasteiger partial charge in [-0.2, -0.15) is 0 Å². The van der Waals surface area contributed by atoms with Crippen LogP contribution in [0.3, 0.4) is 0 Å². The molecule has 28 heavy (non-hydrogen) atoms. The van der Waals surface area contributed by atoms with Crippen LogP contribution in [0.25, 0.3) is 17.5 Å². The van der Waals surface area contributed by atoms with Crippen LogP contribution in [0.4, 0.5) is 4.39 Å². The molecule has 4 rings (SSSR count). The Labute approximate surface area is 166 Å². The highest BCUT2D eigenvalue weighted by atomic mass is 35.5. The van der Waals surface area contributed by atoms with Gasteiger partial charge in [0.15, 0.2) is 0 Å². The Kier molecular flexibility index (Phi) is 5.21. The molecule has 5 nitrogen and oxygen atoms in total. The lowest BCUT2D eigenvalue weighted by molar-refractivity contribution is -0.127. The van der Waals surface area contributed by atoms with E-state index in [1.807, 2.05) is 0 Å². The van der Waals surface area contributed by atoms with E-state index in [9.17, 15) is 9.18 Å². The third-order valence-electron chi connectivity index (χ3n) is 4.45. The number of hydrogen-bond acceptors (Lipinski definition) is 4. The minimum atomic E-state index is -0.367. The molecule has 1 heterocycles. The third kappa shape index (κ3) is 4.28. The van der Waals surface area contributed by atoms with Crippen molar-refractivity contribution in [3.05, 3.63) is 76.9 Å². The highest BCUT2D eigenvalue weighted by Crippen LogP contribution is 2.29. The first-order valence-electron chi connectivity index (χ1n) is 8.92. The smallest absolute Gasteiger partial charge is 0.247 e. The summed E-state index contributed by atoms with van der Waals surface area (Å²) in [6.07, 6.45) is 4.72. The van der Waals surface area contributed by atoms with E-state index in [1.54, 1.807) is 47.4 Å². The van der Waals surface area contributed by atoms with E-state index >= 15 is 0 Å². The zero-order chi connectivity index (χ0) is 19.5. The van der Waals surface area contributed by atoms with Gasteiger partial charge in [-0.25, -0.2) is 4.39 Å². The van der Waals surface area contributed by atoms with Crippen LogP contribution in [0.5, 0.6) is 0 Å². The summed E-state index contributed by atoms with van der Waals surface area (Å²) >= 11 is 5.89. The van der Waals surface area contributed by atoms with Crippen molar-refractivity contribution in [2.45, 2.75) is 25.4 Å². The topological polar surface area (TPSA) is 59.2 Å². The lowest BCUT2D eigenvalue weighted by Gasteiger charge is -2.18. The van der Waals surface area contributed by atoms with Gasteiger partial charge in [-0.15, -0.1) is 10.2 Å². The molecule has 0 bridgehead atoms. The summed E-state index contributed by atoms with van der Waals surface area (Å²) < 4.78 is 19.4. The van der Waals surface area contributed by atoms with E-state index in [4.69, 9.17) is 16.0 Å². The average molecular weight is 398 g/mol. The number of carbonyl (C=O) groups excluding carboxylic acids is 1. The Bertz CT molecular complexity index is 1010. The fourth-order valence-corrected chi connectivity index (χ4v) is 2.94. The quantitative estimate of drug-likeness (QED) is 0.564. The van der Waals surface area contributed by atoms with Gasteiger partial charge in [-0.3, -0.25) is 4.79 Å². The molecule has 7 heteroatoms. The normalized spacial score (nSPS) is 13.8. The largest absolute Gasteiger partial charge is 0.419 e. The molecule has 0 radical (unpaired) electrons. The van der Waals surface area contributed by atoms with Gasteiger partial charge < -0.3 is 9.32 Å². The van der Waals surface area contributed by atoms with Crippen molar-refractivity contribution in [1.29, 1.82) is 0 Å². The van der Waals surface area contributed by atoms with E-state index in [2.05, 4.69) is 10.2 Å². The van der Waals surface area contributed by atoms with Crippen LogP contribution in [0.1, 0.15) is 24.3 Å². The maximum absolute atomic E-state index is 13.7. The monoisotopic (exact) mass is 397 g/mol. The van der Waals surface area contributed by atoms with Crippen LogP contribution >= 0.6 is 11.6 Å². The van der Waals surface area contributed by atoms with Gasteiger partial charge in [-0.05, 0) is 49.2 Å². The van der Waals surface area contributed by atoms with E-state index < -0.39 is 0 Å². The second kappa shape index (κ2) is 7.94. The fourth-order valence-electron chi connectivity index (χ4n) is 2.81. The standard InChI is InChI=1S/C21H17ClFN3O2/c22-16-8-5-15(6-9-16)21-25-24-19(28-21)13-26(17-10-11-17)20(27)12-7-14-3-1-2-4-18(14)23/h1-9,12,17H,10-11,13H2/b12-7+. The van der Waals surface area contributed by atoms with E-state index in [-0.39, 0.29) is 24.3 Å². The molecule has 1 aliphatic rings. The molecule has 1 fully saturated rings. The van der Waals surface area contributed by atoms with Crippen molar-refractivity contribution in [1.82, 2.24) is 15.1 Å². The zero-order valence-corrected chi connectivity index (χ0v) is 15.6. The predicted molar refractivity (Wildman–Crippen MR) is 104 cm³/mol. The number of aromatic nitrogens is 2. The molecular formula is C21H17ClFN3O2. The summed E-state index contributed by atoms with van der Waals surface area (Å²) in [5, 5.41) is 8.72. The van der Waals surface area contributed by atoms with Crippen molar-refractivity contribution in [3.63, 3.8) is 0 Å². The number of benzene rings is 2. The lowest BCUT2D eigenvalue weighted by Crippen LogP contribution is -2.31. The van der Waals surface area contributed by atoms with Crippen LogP contribution in [0, 0.1) is 5.82 Å². The first kappa shape index (κ1) is 18.4. The second-order valence-corrected chi connectivity index (χ2v) is 7.00. The molecule has 0 unspecified atom stereocenters. The first-order valence-corrected chi connectivity index (χ1v) is 9.29. The molecule has 1 saturated carbocycles. The number of rotatable bonds is 6. The molecular weight excluding hydrogens is 381 g/mol. The molecule has 0 atom stereocenters. The molecule has 1 aromatic heterocycles.